The molecule has 0 amide bonds. The highest BCUT2D eigenvalue weighted by atomic mass is 32.1. The minimum atomic E-state index is 0.767. The zero-order valence-electron chi connectivity index (χ0n) is 12.0. The van der Waals surface area contributed by atoms with E-state index in [0.717, 1.165) is 36.0 Å². The van der Waals surface area contributed by atoms with Gasteiger partial charge in [0, 0.05) is 23.9 Å². The number of benzene rings is 1. The van der Waals surface area contributed by atoms with E-state index in [2.05, 4.69) is 41.9 Å². The van der Waals surface area contributed by atoms with Gasteiger partial charge in [-0.15, -0.1) is 11.3 Å². The average Bonchev–Trinajstić information content (AvgIpc) is 3.16. The molecule has 3 aromatic rings. The second kappa shape index (κ2) is 6.70. The van der Waals surface area contributed by atoms with Crippen LogP contribution in [-0.2, 0) is 13.0 Å². The van der Waals surface area contributed by atoms with E-state index in [1.54, 1.807) is 17.6 Å². The van der Waals surface area contributed by atoms with Crippen molar-refractivity contribution in [3.8, 4) is 11.3 Å². The van der Waals surface area contributed by atoms with Gasteiger partial charge in [-0.25, -0.2) is 4.98 Å². The summed E-state index contributed by atoms with van der Waals surface area (Å²) in [6.45, 7) is 3.77. The van der Waals surface area contributed by atoms with Gasteiger partial charge in [0.25, 0.3) is 0 Å². The highest BCUT2D eigenvalue weighted by Gasteiger charge is 2.04. The number of thiazole rings is 1. The van der Waals surface area contributed by atoms with Gasteiger partial charge in [-0.05, 0) is 19.1 Å². The third-order valence-corrected chi connectivity index (χ3v) is 4.20. The molecule has 0 atom stereocenters. The van der Waals surface area contributed by atoms with Crippen LogP contribution in [0.5, 0.6) is 0 Å². The fraction of sp³-hybridized carbons (Fsp3) is 0.235. The van der Waals surface area contributed by atoms with Crippen LogP contribution in [0.25, 0.3) is 11.3 Å². The third-order valence-electron chi connectivity index (χ3n) is 3.29. The molecule has 1 aromatic carbocycles. The molecular formula is C17H18N2OS. The number of nitrogens with one attached hydrogen (secondary N) is 1. The number of hydrogen-bond acceptors (Lipinski definition) is 4. The summed E-state index contributed by atoms with van der Waals surface area (Å²) in [6.07, 6.45) is 2.64. The van der Waals surface area contributed by atoms with E-state index in [-0.39, 0.29) is 0 Å². The smallest absolute Gasteiger partial charge is 0.117 e. The lowest BCUT2D eigenvalue weighted by molar-refractivity contribution is 0.484. The first-order chi connectivity index (χ1) is 10.3. The zero-order valence-corrected chi connectivity index (χ0v) is 12.8. The van der Waals surface area contributed by atoms with E-state index < -0.39 is 0 Å². The van der Waals surface area contributed by atoms with Gasteiger partial charge in [0.2, 0.25) is 0 Å². The average molecular weight is 298 g/mol. The minimum absolute atomic E-state index is 0.767. The van der Waals surface area contributed by atoms with Crippen molar-refractivity contribution in [2.24, 2.45) is 0 Å². The number of hydrogen-bond donors (Lipinski definition) is 1. The molecular weight excluding hydrogens is 280 g/mol. The summed E-state index contributed by atoms with van der Waals surface area (Å²) >= 11 is 1.72. The SMILES string of the molecule is Cc1ccc(-c2csc(CCNCc3ccco3)n2)cc1. The van der Waals surface area contributed by atoms with E-state index in [0.29, 0.717) is 0 Å². The zero-order chi connectivity index (χ0) is 14.5. The number of furan rings is 1. The monoisotopic (exact) mass is 298 g/mol. The van der Waals surface area contributed by atoms with Crippen LogP contribution in [-0.4, -0.2) is 11.5 Å². The molecule has 1 N–H and O–H groups in total. The van der Waals surface area contributed by atoms with Gasteiger partial charge in [-0.1, -0.05) is 29.8 Å². The summed E-state index contributed by atoms with van der Waals surface area (Å²) in [6, 6.07) is 12.4. The summed E-state index contributed by atoms with van der Waals surface area (Å²) in [5, 5.41) is 6.66. The van der Waals surface area contributed by atoms with Crippen molar-refractivity contribution in [1.82, 2.24) is 10.3 Å². The Bertz CT molecular complexity index is 671. The lowest BCUT2D eigenvalue weighted by Gasteiger charge is -2.00. The van der Waals surface area contributed by atoms with Crippen molar-refractivity contribution >= 4 is 11.3 Å². The molecule has 0 spiro atoms. The highest BCUT2D eigenvalue weighted by molar-refractivity contribution is 7.09. The third kappa shape index (κ3) is 3.80. The van der Waals surface area contributed by atoms with Crippen LogP contribution in [0.15, 0.2) is 52.5 Å². The second-order valence-corrected chi connectivity index (χ2v) is 5.94. The van der Waals surface area contributed by atoms with Gasteiger partial charge < -0.3 is 9.73 Å². The minimum Gasteiger partial charge on any atom is -0.468 e. The molecule has 0 aliphatic heterocycles. The topological polar surface area (TPSA) is 38.1 Å². The van der Waals surface area contributed by atoms with E-state index in [9.17, 15) is 0 Å². The number of rotatable bonds is 6. The maximum atomic E-state index is 5.28. The first-order valence-electron chi connectivity index (χ1n) is 7.06. The Hall–Kier alpha value is -1.91. The summed E-state index contributed by atoms with van der Waals surface area (Å²) in [4.78, 5) is 4.70. The molecule has 2 aromatic heterocycles. The molecule has 3 rings (SSSR count). The van der Waals surface area contributed by atoms with Crippen molar-refractivity contribution in [2.45, 2.75) is 19.9 Å². The van der Waals surface area contributed by atoms with Crippen LogP contribution < -0.4 is 5.32 Å². The van der Waals surface area contributed by atoms with Gasteiger partial charge in [0.1, 0.15) is 5.76 Å². The fourth-order valence-corrected chi connectivity index (χ4v) is 2.91. The highest BCUT2D eigenvalue weighted by Crippen LogP contribution is 2.22. The Morgan fingerprint density at radius 2 is 2.05 bits per heavy atom. The quantitative estimate of drug-likeness (QED) is 0.698. The molecule has 108 valence electrons. The predicted octanol–water partition coefficient (Wildman–Crippen LogP) is 4.04. The molecule has 0 aliphatic rings. The Balaban J connectivity index is 1.52. The van der Waals surface area contributed by atoms with Crippen LogP contribution in [0.2, 0.25) is 0 Å². The maximum absolute atomic E-state index is 5.28. The molecule has 21 heavy (non-hydrogen) atoms. The van der Waals surface area contributed by atoms with Crippen molar-refractivity contribution < 1.29 is 4.42 Å². The molecule has 0 unspecified atom stereocenters. The number of aryl methyl sites for hydroxylation is 1. The van der Waals surface area contributed by atoms with Crippen LogP contribution in [0, 0.1) is 6.92 Å². The Morgan fingerprint density at radius 3 is 2.81 bits per heavy atom. The van der Waals surface area contributed by atoms with Crippen LogP contribution in [0.1, 0.15) is 16.3 Å². The van der Waals surface area contributed by atoms with Gasteiger partial charge in [0.05, 0.1) is 23.5 Å². The van der Waals surface area contributed by atoms with Crippen LogP contribution >= 0.6 is 11.3 Å². The predicted molar refractivity (Wildman–Crippen MR) is 86.4 cm³/mol. The molecule has 0 saturated heterocycles. The van der Waals surface area contributed by atoms with Gasteiger partial charge >= 0.3 is 0 Å². The van der Waals surface area contributed by atoms with Gasteiger partial charge in [-0.2, -0.15) is 0 Å². The van der Waals surface area contributed by atoms with E-state index in [1.165, 1.54) is 11.1 Å². The molecule has 0 radical (unpaired) electrons. The second-order valence-electron chi connectivity index (χ2n) is 5.00. The lowest BCUT2D eigenvalue weighted by atomic mass is 10.1. The molecule has 0 fully saturated rings. The van der Waals surface area contributed by atoms with Crippen LogP contribution in [0.3, 0.4) is 0 Å². The normalized spacial score (nSPS) is 10.9. The van der Waals surface area contributed by atoms with Crippen molar-refractivity contribution in [3.63, 3.8) is 0 Å². The summed E-state index contributed by atoms with van der Waals surface area (Å²) in [5.41, 5.74) is 3.53. The van der Waals surface area contributed by atoms with E-state index in [1.807, 2.05) is 12.1 Å². The largest absolute Gasteiger partial charge is 0.468 e. The standard InChI is InChI=1S/C17H18N2OS/c1-13-4-6-14(7-5-13)16-12-21-17(19-16)8-9-18-11-15-3-2-10-20-15/h2-7,10,12,18H,8-9,11H2,1H3. The summed E-state index contributed by atoms with van der Waals surface area (Å²) in [7, 11) is 0. The van der Waals surface area contributed by atoms with E-state index >= 15 is 0 Å². The number of aromatic nitrogens is 1. The van der Waals surface area contributed by atoms with E-state index in [4.69, 9.17) is 9.40 Å². The summed E-state index contributed by atoms with van der Waals surface area (Å²) < 4.78 is 5.28. The van der Waals surface area contributed by atoms with Gasteiger partial charge in [0.15, 0.2) is 0 Å². The molecule has 2 heterocycles. The Kier molecular flexibility index (Phi) is 4.48. The molecule has 0 bridgehead atoms. The first kappa shape index (κ1) is 14.0. The lowest BCUT2D eigenvalue weighted by Crippen LogP contribution is -2.16. The molecule has 3 nitrogen and oxygen atoms in total. The van der Waals surface area contributed by atoms with Gasteiger partial charge in [-0.3, -0.25) is 0 Å². The molecule has 0 aliphatic carbocycles. The molecule has 4 heteroatoms. The molecule has 0 saturated carbocycles. The summed E-state index contributed by atoms with van der Waals surface area (Å²) in [5.74, 6) is 0.967. The first-order valence-corrected chi connectivity index (χ1v) is 7.94. The van der Waals surface area contributed by atoms with Crippen LogP contribution in [0.4, 0.5) is 0 Å². The Labute approximate surface area is 128 Å². The fourth-order valence-electron chi connectivity index (χ4n) is 2.10. The number of nitrogens with zero attached hydrogens (tertiary/aromatic N) is 1. The maximum Gasteiger partial charge on any atom is 0.117 e. The van der Waals surface area contributed by atoms with Crippen molar-refractivity contribution in [3.05, 3.63) is 64.4 Å². The van der Waals surface area contributed by atoms with Crippen molar-refractivity contribution in [1.29, 1.82) is 0 Å². The Morgan fingerprint density at radius 1 is 1.19 bits per heavy atom. The van der Waals surface area contributed by atoms with Crippen molar-refractivity contribution in [2.75, 3.05) is 6.54 Å².